The monoisotopic (exact) mass is 299 g/mol. The van der Waals surface area contributed by atoms with Gasteiger partial charge in [0, 0.05) is 21.7 Å². The minimum atomic E-state index is 0.604. The summed E-state index contributed by atoms with van der Waals surface area (Å²) in [4.78, 5) is 8.79. The van der Waals surface area contributed by atoms with E-state index in [0.29, 0.717) is 5.95 Å². The Balaban J connectivity index is 1.99. The Morgan fingerprint density at radius 2 is 1.78 bits per heavy atom. The van der Waals surface area contributed by atoms with Crippen molar-refractivity contribution in [1.29, 1.82) is 0 Å². The van der Waals surface area contributed by atoms with Crippen LogP contribution in [0.25, 0.3) is 10.9 Å². The third-order valence-corrected chi connectivity index (χ3v) is 3.29. The highest BCUT2D eigenvalue weighted by molar-refractivity contribution is 9.10. The number of aromatic nitrogens is 2. The largest absolute Gasteiger partial charge is 0.324 e. The second-order valence-corrected chi connectivity index (χ2v) is 4.71. The highest BCUT2D eigenvalue weighted by Crippen LogP contribution is 2.23. The van der Waals surface area contributed by atoms with Crippen LogP contribution in [-0.4, -0.2) is 9.97 Å². The Morgan fingerprint density at radius 1 is 0.944 bits per heavy atom. The summed E-state index contributed by atoms with van der Waals surface area (Å²) in [6.07, 6.45) is 1.82. The Morgan fingerprint density at radius 3 is 2.61 bits per heavy atom. The van der Waals surface area contributed by atoms with Gasteiger partial charge in [0.2, 0.25) is 5.95 Å². The van der Waals surface area contributed by atoms with Crippen molar-refractivity contribution in [2.75, 3.05) is 5.32 Å². The van der Waals surface area contributed by atoms with Gasteiger partial charge in [-0.05, 0) is 24.3 Å². The molecular weight excluding hydrogens is 290 g/mol. The van der Waals surface area contributed by atoms with E-state index in [1.807, 2.05) is 54.7 Å². The molecule has 0 saturated heterocycles. The lowest BCUT2D eigenvalue weighted by atomic mass is 10.2. The zero-order valence-corrected chi connectivity index (χ0v) is 11.1. The minimum Gasteiger partial charge on any atom is -0.324 e. The molecule has 3 aromatic rings. The number of nitrogens with one attached hydrogen (secondary N) is 1. The molecule has 3 nitrogen and oxygen atoms in total. The standard InChI is InChI=1S/C14H10BrN3/c15-12-7-4-8-13-11(12)9-16-14(18-13)17-10-5-2-1-3-6-10/h1-9H,(H,16,17,18). The Kier molecular flexibility index (Phi) is 2.94. The van der Waals surface area contributed by atoms with Crippen LogP contribution in [0.1, 0.15) is 0 Å². The molecule has 0 aliphatic carbocycles. The fraction of sp³-hybridized carbons (Fsp3) is 0. The van der Waals surface area contributed by atoms with Crippen molar-refractivity contribution >= 4 is 38.5 Å². The van der Waals surface area contributed by atoms with Crippen LogP contribution < -0.4 is 5.32 Å². The zero-order valence-electron chi connectivity index (χ0n) is 9.47. The van der Waals surface area contributed by atoms with Gasteiger partial charge in [-0.3, -0.25) is 0 Å². The Hall–Kier alpha value is -1.94. The maximum Gasteiger partial charge on any atom is 0.227 e. The summed E-state index contributed by atoms with van der Waals surface area (Å²) in [5.74, 6) is 0.604. The molecule has 0 spiro atoms. The number of benzene rings is 2. The van der Waals surface area contributed by atoms with E-state index < -0.39 is 0 Å². The van der Waals surface area contributed by atoms with E-state index in [-0.39, 0.29) is 0 Å². The fourth-order valence-electron chi connectivity index (χ4n) is 1.73. The van der Waals surface area contributed by atoms with Gasteiger partial charge in [0.25, 0.3) is 0 Å². The normalized spacial score (nSPS) is 10.5. The minimum absolute atomic E-state index is 0.604. The van der Waals surface area contributed by atoms with Gasteiger partial charge in [0.15, 0.2) is 0 Å². The Labute approximate surface area is 113 Å². The third kappa shape index (κ3) is 2.19. The van der Waals surface area contributed by atoms with Crippen molar-refractivity contribution in [3.05, 3.63) is 59.2 Å². The summed E-state index contributed by atoms with van der Waals surface area (Å²) in [6, 6.07) is 15.8. The summed E-state index contributed by atoms with van der Waals surface area (Å²) in [6.45, 7) is 0. The van der Waals surface area contributed by atoms with Gasteiger partial charge in [-0.1, -0.05) is 40.2 Å². The highest BCUT2D eigenvalue weighted by Gasteiger charge is 2.02. The predicted molar refractivity (Wildman–Crippen MR) is 77.0 cm³/mol. The molecule has 4 heteroatoms. The first-order valence-electron chi connectivity index (χ1n) is 5.56. The van der Waals surface area contributed by atoms with Crippen LogP contribution in [0, 0.1) is 0 Å². The third-order valence-electron chi connectivity index (χ3n) is 2.60. The molecule has 0 bridgehead atoms. The number of para-hydroxylation sites is 1. The van der Waals surface area contributed by atoms with E-state index >= 15 is 0 Å². The van der Waals surface area contributed by atoms with Gasteiger partial charge in [-0.25, -0.2) is 9.97 Å². The zero-order chi connectivity index (χ0) is 12.4. The van der Waals surface area contributed by atoms with E-state index in [1.54, 1.807) is 0 Å². The molecule has 0 aliphatic rings. The molecule has 18 heavy (non-hydrogen) atoms. The predicted octanol–water partition coefficient (Wildman–Crippen LogP) is 4.14. The van der Waals surface area contributed by atoms with Gasteiger partial charge in [0.1, 0.15) is 0 Å². The molecule has 0 fully saturated rings. The molecule has 1 heterocycles. The van der Waals surface area contributed by atoms with Crippen LogP contribution in [0.3, 0.4) is 0 Å². The lowest BCUT2D eigenvalue weighted by molar-refractivity contribution is 1.21. The molecule has 0 amide bonds. The van der Waals surface area contributed by atoms with Crippen LogP contribution >= 0.6 is 15.9 Å². The van der Waals surface area contributed by atoms with Crippen molar-refractivity contribution in [2.45, 2.75) is 0 Å². The molecule has 3 rings (SSSR count). The molecule has 0 saturated carbocycles. The van der Waals surface area contributed by atoms with Gasteiger partial charge in [0.05, 0.1) is 5.52 Å². The molecule has 1 aromatic heterocycles. The Bertz CT molecular complexity index is 683. The molecule has 0 atom stereocenters. The quantitative estimate of drug-likeness (QED) is 0.773. The average molecular weight is 300 g/mol. The van der Waals surface area contributed by atoms with Crippen molar-refractivity contribution in [2.24, 2.45) is 0 Å². The van der Waals surface area contributed by atoms with Crippen LogP contribution in [-0.2, 0) is 0 Å². The van der Waals surface area contributed by atoms with Crippen LogP contribution in [0.2, 0.25) is 0 Å². The molecule has 0 unspecified atom stereocenters. The lowest BCUT2D eigenvalue weighted by Crippen LogP contribution is -1.96. The van der Waals surface area contributed by atoms with Crippen molar-refractivity contribution < 1.29 is 0 Å². The van der Waals surface area contributed by atoms with Crippen LogP contribution in [0.15, 0.2) is 59.2 Å². The summed E-state index contributed by atoms with van der Waals surface area (Å²) in [5.41, 5.74) is 1.89. The SMILES string of the molecule is Brc1cccc2nc(Nc3ccccc3)ncc12. The number of halogens is 1. The maximum atomic E-state index is 4.48. The average Bonchev–Trinajstić information content (AvgIpc) is 2.40. The number of hydrogen-bond donors (Lipinski definition) is 1. The number of rotatable bonds is 2. The second-order valence-electron chi connectivity index (χ2n) is 3.86. The van der Waals surface area contributed by atoms with E-state index in [0.717, 1.165) is 21.1 Å². The van der Waals surface area contributed by atoms with E-state index in [4.69, 9.17) is 0 Å². The maximum absolute atomic E-state index is 4.48. The topological polar surface area (TPSA) is 37.8 Å². The summed E-state index contributed by atoms with van der Waals surface area (Å²) < 4.78 is 1.01. The van der Waals surface area contributed by atoms with Gasteiger partial charge in [-0.2, -0.15) is 0 Å². The van der Waals surface area contributed by atoms with Crippen molar-refractivity contribution in [3.8, 4) is 0 Å². The molecule has 0 radical (unpaired) electrons. The first-order chi connectivity index (χ1) is 8.83. The molecule has 0 aliphatic heterocycles. The lowest BCUT2D eigenvalue weighted by Gasteiger charge is -2.05. The number of hydrogen-bond acceptors (Lipinski definition) is 3. The van der Waals surface area contributed by atoms with E-state index in [1.165, 1.54) is 0 Å². The number of anilines is 2. The van der Waals surface area contributed by atoms with Gasteiger partial charge in [-0.15, -0.1) is 0 Å². The molecule has 2 aromatic carbocycles. The molecule has 88 valence electrons. The highest BCUT2D eigenvalue weighted by atomic mass is 79.9. The van der Waals surface area contributed by atoms with Crippen molar-refractivity contribution in [1.82, 2.24) is 9.97 Å². The second kappa shape index (κ2) is 4.74. The first-order valence-corrected chi connectivity index (χ1v) is 6.35. The number of nitrogens with zero attached hydrogens (tertiary/aromatic N) is 2. The van der Waals surface area contributed by atoms with Crippen molar-refractivity contribution in [3.63, 3.8) is 0 Å². The summed E-state index contributed by atoms with van der Waals surface area (Å²) in [7, 11) is 0. The molecular formula is C14H10BrN3. The fourth-order valence-corrected chi connectivity index (χ4v) is 2.19. The smallest absolute Gasteiger partial charge is 0.227 e. The van der Waals surface area contributed by atoms with Crippen LogP contribution in [0.5, 0.6) is 0 Å². The first kappa shape index (κ1) is 11.2. The summed E-state index contributed by atoms with van der Waals surface area (Å²) >= 11 is 3.49. The summed E-state index contributed by atoms with van der Waals surface area (Å²) in [5, 5.41) is 4.19. The van der Waals surface area contributed by atoms with Crippen LogP contribution in [0.4, 0.5) is 11.6 Å². The van der Waals surface area contributed by atoms with Gasteiger partial charge < -0.3 is 5.32 Å². The molecule has 1 N–H and O–H groups in total. The van der Waals surface area contributed by atoms with Gasteiger partial charge >= 0.3 is 0 Å². The van der Waals surface area contributed by atoms with E-state index in [2.05, 4.69) is 31.2 Å². The van der Waals surface area contributed by atoms with E-state index in [9.17, 15) is 0 Å². The number of fused-ring (bicyclic) bond motifs is 1.